The molecule has 0 aliphatic rings. The lowest BCUT2D eigenvalue weighted by atomic mass is 9.83. The number of aromatic nitrogens is 2. The highest BCUT2D eigenvalue weighted by Crippen LogP contribution is 2.51. The van der Waals surface area contributed by atoms with Crippen molar-refractivity contribution < 1.29 is 41.0 Å². The standard InChI is InChI=1S/C25H22F6N2O3/c1-14-10-16-11-17(23(35,24(26,27)28)25(29,30)31)8-9-20(16)33(14)22(3,21-12-36-13-32-21)19-7-5-4-6-18(19)15(2)34/h4-13,15,34-35H,1-3H3. The Morgan fingerprint density at radius 2 is 1.61 bits per heavy atom. The summed E-state index contributed by atoms with van der Waals surface area (Å²) in [4.78, 5) is 4.28. The van der Waals surface area contributed by atoms with Gasteiger partial charge in [-0.05, 0) is 50.1 Å². The van der Waals surface area contributed by atoms with Crippen LogP contribution in [0.5, 0.6) is 0 Å². The minimum absolute atomic E-state index is 0.0428. The topological polar surface area (TPSA) is 71.4 Å². The molecule has 2 heterocycles. The molecule has 192 valence electrons. The lowest BCUT2D eigenvalue weighted by Crippen LogP contribution is -2.53. The molecule has 0 saturated carbocycles. The molecule has 0 aliphatic carbocycles. The van der Waals surface area contributed by atoms with E-state index in [1.807, 2.05) is 0 Å². The normalized spacial score (nSPS) is 15.8. The zero-order valence-electron chi connectivity index (χ0n) is 19.3. The van der Waals surface area contributed by atoms with Crippen molar-refractivity contribution in [2.24, 2.45) is 0 Å². The van der Waals surface area contributed by atoms with E-state index < -0.39 is 35.2 Å². The number of oxazole rings is 1. The maximum atomic E-state index is 13.5. The van der Waals surface area contributed by atoms with Gasteiger partial charge in [0.2, 0.25) is 0 Å². The highest BCUT2D eigenvalue weighted by molar-refractivity contribution is 5.83. The van der Waals surface area contributed by atoms with E-state index in [1.54, 1.807) is 49.6 Å². The van der Waals surface area contributed by atoms with E-state index in [0.717, 1.165) is 6.07 Å². The Hall–Kier alpha value is -3.31. The molecule has 4 rings (SSSR count). The van der Waals surface area contributed by atoms with Gasteiger partial charge in [-0.25, -0.2) is 4.98 Å². The van der Waals surface area contributed by atoms with E-state index in [4.69, 9.17) is 4.42 Å². The lowest BCUT2D eigenvalue weighted by Gasteiger charge is -2.35. The average molecular weight is 512 g/mol. The first-order chi connectivity index (χ1) is 16.6. The summed E-state index contributed by atoms with van der Waals surface area (Å²) in [6.07, 6.45) is -10.3. The van der Waals surface area contributed by atoms with E-state index >= 15 is 0 Å². The molecule has 4 aromatic rings. The fourth-order valence-corrected chi connectivity index (χ4v) is 4.79. The van der Waals surface area contributed by atoms with Crippen LogP contribution < -0.4 is 0 Å². The summed E-state index contributed by atoms with van der Waals surface area (Å²) < 4.78 is 87.7. The van der Waals surface area contributed by atoms with Crippen molar-refractivity contribution in [3.63, 3.8) is 0 Å². The number of aryl methyl sites for hydroxylation is 1. The molecule has 0 radical (unpaired) electrons. The van der Waals surface area contributed by atoms with Crippen molar-refractivity contribution in [2.45, 2.75) is 50.4 Å². The molecular formula is C25H22F6N2O3. The number of alkyl halides is 6. The van der Waals surface area contributed by atoms with Gasteiger partial charge in [0.05, 0.1) is 6.10 Å². The van der Waals surface area contributed by atoms with E-state index in [0.29, 0.717) is 34.6 Å². The van der Waals surface area contributed by atoms with Gasteiger partial charge in [0.15, 0.2) is 6.39 Å². The number of rotatable bonds is 5. The van der Waals surface area contributed by atoms with Crippen molar-refractivity contribution >= 4 is 10.9 Å². The second kappa shape index (κ2) is 8.38. The van der Waals surface area contributed by atoms with Crippen LogP contribution in [0.2, 0.25) is 0 Å². The molecule has 36 heavy (non-hydrogen) atoms. The minimum atomic E-state index is -6.00. The van der Waals surface area contributed by atoms with E-state index in [2.05, 4.69) is 4.98 Å². The molecule has 0 bridgehead atoms. The van der Waals surface area contributed by atoms with Gasteiger partial charge in [-0.1, -0.05) is 30.3 Å². The molecule has 2 unspecified atom stereocenters. The van der Waals surface area contributed by atoms with Crippen LogP contribution in [-0.2, 0) is 11.1 Å². The Morgan fingerprint density at radius 1 is 0.972 bits per heavy atom. The van der Waals surface area contributed by atoms with Crippen molar-refractivity contribution in [3.05, 3.63) is 89.3 Å². The van der Waals surface area contributed by atoms with Gasteiger partial charge in [0, 0.05) is 22.2 Å². The first-order valence-electron chi connectivity index (χ1n) is 10.8. The molecule has 5 nitrogen and oxygen atoms in total. The maximum absolute atomic E-state index is 13.5. The first kappa shape index (κ1) is 25.8. The van der Waals surface area contributed by atoms with E-state index in [1.165, 1.54) is 18.7 Å². The second-order valence-corrected chi connectivity index (χ2v) is 8.81. The third kappa shape index (κ3) is 3.68. The summed E-state index contributed by atoms with van der Waals surface area (Å²) >= 11 is 0. The lowest BCUT2D eigenvalue weighted by molar-refractivity contribution is -0.376. The monoisotopic (exact) mass is 512 g/mol. The van der Waals surface area contributed by atoms with Crippen LogP contribution in [0.15, 0.2) is 65.6 Å². The molecule has 0 fully saturated rings. The quantitative estimate of drug-likeness (QED) is 0.317. The Balaban J connectivity index is 2.03. The molecule has 2 atom stereocenters. The summed E-state index contributed by atoms with van der Waals surface area (Å²) in [5.41, 5.74) is -5.27. The average Bonchev–Trinajstić information content (AvgIpc) is 3.44. The van der Waals surface area contributed by atoms with Crippen LogP contribution >= 0.6 is 0 Å². The number of fused-ring (bicyclic) bond motifs is 1. The highest BCUT2D eigenvalue weighted by Gasteiger charge is 2.71. The molecule has 0 spiro atoms. The number of halogens is 6. The van der Waals surface area contributed by atoms with Gasteiger partial charge in [0.25, 0.3) is 5.60 Å². The summed E-state index contributed by atoms with van der Waals surface area (Å²) in [6.45, 7) is 4.97. The van der Waals surface area contributed by atoms with Gasteiger partial charge in [-0.15, -0.1) is 0 Å². The number of nitrogens with zero attached hydrogens (tertiary/aromatic N) is 2. The summed E-state index contributed by atoms with van der Waals surface area (Å²) in [7, 11) is 0. The zero-order valence-corrected chi connectivity index (χ0v) is 19.3. The van der Waals surface area contributed by atoms with Crippen LogP contribution in [0.25, 0.3) is 10.9 Å². The van der Waals surface area contributed by atoms with Crippen molar-refractivity contribution in [3.8, 4) is 0 Å². The predicted molar refractivity (Wildman–Crippen MR) is 118 cm³/mol. The third-order valence-corrected chi connectivity index (χ3v) is 6.54. The highest BCUT2D eigenvalue weighted by atomic mass is 19.4. The predicted octanol–water partition coefficient (Wildman–Crippen LogP) is 6.12. The molecule has 2 aromatic carbocycles. The summed E-state index contributed by atoms with van der Waals surface area (Å²) in [6, 6.07) is 10.8. The van der Waals surface area contributed by atoms with Crippen molar-refractivity contribution in [1.29, 1.82) is 0 Å². The van der Waals surface area contributed by atoms with Gasteiger partial charge < -0.3 is 19.2 Å². The second-order valence-electron chi connectivity index (χ2n) is 8.81. The fourth-order valence-electron chi connectivity index (χ4n) is 4.79. The molecule has 0 aliphatic heterocycles. The van der Waals surface area contributed by atoms with Crippen LogP contribution in [0.1, 0.15) is 48.0 Å². The van der Waals surface area contributed by atoms with E-state index in [-0.39, 0.29) is 10.9 Å². The third-order valence-electron chi connectivity index (χ3n) is 6.54. The fraction of sp³-hybridized carbons (Fsp3) is 0.320. The Bertz CT molecular complexity index is 1380. The number of hydrogen-bond acceptors (Lipinski definition) is 4. The van der Waals surface area contributed by atoms with Crippen molar-refractivity contribution in [2.75, 3.05) is 0 Å². The number of hydrogen-bond donors (Lipinski definition) is 2. The SMILES string of the molecule is Cc1cc2cc(C(O)(C(F)(F)F)C(F)(F)F)ccc2n1C(C)(c1cocn1)c1ccccc1C(C)O. The Labute approximate surface area is 201 Å². The van der Waals surface area contributed by atoms with Crippen LogP contribution in [-0.4, -0.2) is 32.1 Å². The minimum Gasteiger partial charge on any atom is -0.451 e. The van der Waals surface area contributed by atoms with Crippen LogP contribution in [0.3, 0.4) is 0 Å². The number of aliphatic hydroxyl groups excluding tert-OH is 1. The number of benzene rings is 2. The van der Waals surface area contributed by atoms with Gasteiger partial charge >= 0.3 is 12.4 Å². The van der Waals surface area contributed by atoms with Gasteiger partial charge in [-0.2, -0.15) is 26.3 Å². The van der Waals surface area contributed by atoms with Crippen LogP contribution in [0, 0.1) is 6.92 Å². The zero-order chi connectivity index (χ0) is 26.7. The summed E-state index contributed by atoms with van der Waals surface area (Å²) in [5.74, 6) is 0. The van der Waals surface area contributed by atoms with Crippen LogP contribution in [0.4, 0.5) is 26.3 Å². The van der Waals surface area contributed by atoms with E-state index in [9.17, 15) is 36.6 Å². The van der Waals surface area contributed by atoms with Gasteiger partial charge in [-0.3, -0.25) is 0 Å². The maximum Gasteiger partial charge on any atom is 0.430 e. The molecule has 2 aromatic heterocycles. The largest absolute Gasteiger partial charge is 0.451 e. The molecule has 2 N–H and O–H groups in total. The first-order valence-corrected chi connectivity index (χ1v) is 10.8. The Morgan fingerprint density at radius 3 is 2.17 bits per heavy atom. The molecule has 11 heteroatoms. The summed E-state index contributed by atoms with van der Waals surface area (Å²) in [5, 5.41) is 20.3. The molecule has 0 saturated heterocycles. The molecule has 0 amide bonds. The number of aliphatic hydroxyl groups is 2. The smallest absolute Gasteiger partial charge is 0.430 e. The van der Waals surface area contributed by atoms with Gasteiger partial charge in [0.1, 0.15) is 17.5 Å². The molecular weight excluding hydrogens is 490 g/mol. The Kier molecular flexibility index (Phi) is 6.00. The van der Waals surface area contributed by atoms with Crippen molar-refractivity contribution in [1.82, 2.24) is 9.55 Å².